The summed E-state index contributed by atoms with van der Waals surface area (Å²) >= 11 is 1.62. The van der Waals surface area contributed by atoms with E-state index in [1.807, 2.05) is 6.07 Å². The normalized spacial score (nSPS) is 45.3. The molecule has 4 fully saturated rings. The molecule has 9 rings (SSSR count). The molecule has 1 aromatic carbocycles. The number of nitrogens with zero attached hydrogens (tertiary/aromatic N) is 1. The average Bonchev–Trinajstić information content (AvgIpc) is 3.51. The fraction of sp³-hybridized carbons (Fsp3) is 0.639. The number of rotatable bonds is 4. The number of benzene rings is 1. The first-order chi connectivity index (χ1) is 19.6. The van der Waals surface area contributed by atoms with Gasteiger partial charge >= 0.3 is 0 Å². The van der Waals surface area contributed by atoms with E-state index in [2.05, 4.69) is 61.2 Å². The molecule has 4 nitrogen and oxygen atoms in total. The molecule has 2 heterocycles. The summed E-state index contributed by atoms with van der Waals surface area (Å²) in [6, 6.07) is 10.4. The molecule has 3 saturated carbocycles. The summed E-state index contributed by atoms with van der Waals surface area (Å²) in [5.74, 6) is 0.755. The van der Waals surface area contributed by atoms with Crippen LogP contribution in [-0.4, -0.2) is 52.2 Å². The van der Waals surface area contributed by atoms with Gasteiger partial charge in [0.1, 0.15) is 0 Å². The molecule has 41 heavy (non-hydrogen) atoms. The molecule has 8 unspecified atom stereocenters. The van der Waals surface area contributed by atoms with Gasteiger partial charge in [-0.15, -0.1) is 11.3 Å². The highest BCUT2D eigenvalue weighted by Crippen LogP contribution is 2.78. The number of aliphatic hydroxyl groups is 2. The highest BCUT2D eigenvalue weighted by molar-refractivity contribution is 7.21. The average molecular weight is 572 g/mol. The molecular formula is C36H45NO3S. The van der Waals surface area contributed by atoms with E-state index < -0.39 is 5.60 Å². The third kappa shape index (κ3) is 3.41. The Hall–Kier alpha value is -1.79. The van der Waals surface area contributed by atoms with Crippen LogP contribution >= 0.6 is 11.3 Å². The summed E-state index contributed by atoms with van der Waals surface area (Å²) in [4.78, 5) is 18.2. The Morgan fingerprint density at radius 1 is 0.976 bits per heavy atom. The van der Waals surface area contributed by atoms with Gasteiger partial charge in [-0.05, 0) is 106 Å². The van der Waals surface area contributed by atoms with Crippen molar-refractivity contribution in [1.29, 1.82) is 0 Å². The SMILES string of the molecule is CC12CCC(O)CC13C=CC1(C(C(=O)c4cc5ccccc5s4)=C3)C2CCC2(C)C1CCC2(O)CN1CCCCC1. The van der Waals surface area contributed by atoms with Gasteiger partial charge < -0.3 is 15.1 Å². The minimum atomic E-state index is -0.732. The van der Waals surface area contributed by atoms with E-state index in [9.17, 15) is 15.0 Å². The van der Waals surface area contributed by atoms with Gasteiger partial charge in [-0.25, -0.2) is 0 Å². The molecule has 6 aliphatic carbocycles. The standard InChI is InChI=1S/C36H45NO3S/c1-32-13-10-25(38)21-34(32)16-17-36(26(22-34)31(39)28-20-24-8-4-5-9-27(24)41-28)29(32)11-14-33(2)30(36)12-15-35(33,40)23-37-18-6-3-7-19-37/h4-5,8-9,16-17,20,22,25,29-30,38,40H,3,6-7,10-15,18-19,21,23H2,1-2H3. The van der Waals surface area contributed by atoms with E-state index in [-0.39, 0.29) is 39.5 Å². The predicted octanol–water partition coefficient (Wildman–Crippen LogP) is 7.16. The molecule has 5 heteroatoms. The highest BCUT2D eigenvalue weighted by Gasteiger charge is 2.74. The maximum absolute atomic E-state index is 14.8. The van der Waals surface area contributed by atoms with Crippen LogP contribution in [0, 0.1) is 33.5 Å². The second-order valence-corrected chi connectivity index (χ2v) is 16.2. The number of likely N-dealkylation sites (tertiary alicyclic amines) is 1. The van der Waals surface area contributed by atoms with Gasteiger partial charge in [-0.2, -0.15) is 0 Å². The second-order valence-electron chi connectivity index (χ2n) is 15.1. The van der Waals surface area contributed by atoms with Gasteiger partial charge in [-0.3, -0.25) is 4.79 Å². The number of thiophene rings is 1. The lowest BCUT2D eigenvalue weighted by Gasteiger charge is -2.71. The predicted molar refractivity (Wildman–Crippen MR) is 165 cm³/mol. The molecule has 0 radical (unpaired) electrons. The van der Waals surface area contributed by atoms with E-state index >= 15 is 0 Å². The second kappa shape index (κ2) is 8.87. The molecule has 0 amide bonds. The van der Waals surface area contributed by atoms with Gasteiger partial charge in [0, 0.05) is 33.1 Å². The van der Waals surface area contributed by atoms with Crippen LogP contribution in [-0.2, 0) is 0 Å². The zero-order valence-corrected chi connectivity index (χ0v) is 25.5. The monoisotopic (exact) mass is 571 g/mol. The van der Waals surface area contributed by atoms with Crippen LogP contribution in [0.25, 0.3) is 10.1 Å². The number of ketones is 1. The molecule has 218 valence electrons. The number of carbonyl (C=O) groups excluding carboxylic acids is 1. The van der Waals surface area contributed by atoms with Crippen molar-refractivity contribution in [2.75, 3.05) is 19.6 Å². The van der Waals surface area contributed by atoms with E-state index in [4.69, 9.17) is 0 Å². The number of allylic oxidation sites excluding steroid dienone is 4. The lowest BCUT2D eigenvalue weighted by atomic mass is 9.32. The smallest absolute Gasteiger partial charge is 0.199 e. The quantitative estimate of drug-likeness (QED) is 0.302. The number of fused-ring (bicyclic) bond motifs is 2. The fourth-order valence-corrected chi connectivity index (χ4v) is 12.3. The minimum Gasteiger partial charge on any atom is -0.393 e. The maximum Gasteiger partial charge on any atom is 0.199 e. The lowest BCUT2D eigenvalue weighted by Crippen LogP contribution is -2.67. The Morgan fingerprint density at radius 2 is 1.71 bits per heavy atom. The number of hydrogen-bond acceptors (Lipinski definition) is 5. The van der Waals surface area contributed by atoms with Crippen molar-refractivity contribution < 1.29 is 15.0 Å². The summed E-state index contributed by atoms with van der Waals surface area (Å²) in [6.07, 6.45) is 17.0. The maximum atomic E-state index is 14.8. The summed E-state index contributed by atoms with van der Waals surface area (Å²) in [6.45, 7) is 7.79. The lowest BCUT2D eigenvalue weighted by molar-refractivity contribution is -0.176. The molecule has 8 atom stereocenters. The first-order valence-corrected chi connectivity index (χ1v) is 17.1. The van der Waals surface area contributed by atoms with Gasteiger partial charge in [0.2, 0.25) is 0 Å². The third-order valence-electron chi connectivity index (χ3n) is 13.5. The van der Waals surface area contributed by atoms with Crippen LogP contribution in [0.15, 0.2) is 54.1 Å². The van der Waals surface area contributed by atoms with Gasteiger partial charge in [0.05, 0.1) is 16.6 Å². The first-order valence-electron chi connectivity index (χ1n) is 16.2. The molecule has 2 spiro atoms. The zero-order valence-electron chi connectivity index (χ0n) is 24.7. The van der Waals surface area contributed by atoms with Crippen molar-refractivity contribution in [3.8, 4) is 0 Å². The number of Topliss-reactive ketones (excluding diaryl/α,β-unsaturated/α-hetero) is 1. The van der Waals surface area contributed by atoms with Crippen molar-refractivity contribution in [2.45, 2.75) is 89.8 Å². The van der Waals surface area contributed by atoms with Crippen molar-refractivity contribution in [2.24, 2.45) is 33.5 Å². The van der Waals surface area contributed by atoms with Crippen molar-refractivity contribution in [3.05, 3.63) is 59.0 Å². The number of piperidine rings is 1. The Kier molecular flexibility index (Phi) is 5.80. The van der Waals surface area contributed by atoms with Crippen LogP contribution in [0.5, 0.6) is 0 Å². The Morgan fingerprint density at radius 3 is 2.51 bits per heavy atom. The number of aliphatic hydroxyl groups excluding tert-OH is 1. The van der Waals surface area contributed by atoms with E-state index in [0.29, 0.717) is 12.3 Å². The molecule has 1 aliphatic heterocycles. The first kappa shape index (κ1) is 26.8. The molecule has 2 N–H and O–H groups in total. The number of β-amino-alcohol motifs (C(OH)–C–C–N with tert-alkyl or cyclic N) is 1. The highest BCUT2D eigenvalue weighted by atomic mass is 32.1. The van der Waals surface area contributed by atoms with Gasteiger partial charge in [0.25, 0.3) is 0 Å². The summed E-state index contributed by atoms with van der Waals surface area (Å²) < 4.78 is 1.16. The van der Waals surface area contributed by atoms with Crippen molar-refractivity contribution >= 4 is 27.2 Å². The van der Waals surface area contributed by atoms with Gasteiger partial charge in [0.15, 0.2) is 5.78 Å². The van der Waals surface area contributed by atoms with Crippen molar-refractivity contribution in [1.82, 2.24) is 4.90 Å². The zero-order chi connectivity index (χ0) is 28.3. The molecule has 1 aromatic heterocycles. The Labute approximate surface area is 248 Å². The largest absolute Gasteiger partial charge is 0.393 e. The summed E-state index contributed by atoms with van der Waals surface area (Å²) in [7, 11) is 0. The molecule has 2 bridgehead atoms. The van der Waals surface area contributed by atoms with Gasteiger partial charge in [-0.1, -0.05) is 56.7 Å². The topological polar surface area (TPSA) is 60.8 Å². The summed E-state index contributed by atoms with van der Waals surface area (Å²) in [5, 5.41) is 24.6. The minimum absolute atomic E-state index is 0.0137. The molecule has 2 aromatic rings. The van der Waals surface area contributed by atoms with Crippen LogP contribution < -0.4 is 0 Å². The van der Waals surface area contributed by atoms with Crippen LogP contribution in [0.1, 0.15) is 87.7 Å². The van der Waals surface area contributed by atoms with E-state index in [1.54, 1.807) is 11.3 Å². The molecular weight excluding hydrogens is 526 g/mol. The molecule has 7 aliphatic rings. The third-order valence-corrected chi connectivity index (χ3v) is 14.7. The fourth-order valence-electron chi connectivity index (χ4n) is 11.3. The summed E-state index contributed by atoms with van der Waals surface area (Å²) in [5.41, 5.74) is -0.641. The van der Waals surface area contributed by atoms with Crippen molar-refractivity contribution in [3.63, 3.8) is 0 Å². The van der Waals surface area contributed by atoms with E-state index in [0.717, 1.165) is 78.7 Å². The Balaban J connectivity index is 1.27. The van der Waals surface area contributed by atoms with E-state index in [1.165, 1.54) is 19.3 Å². The number of hydrogen-bond donors (Lipinski definition) is 2. The Bertz CT molecular complexity index is 1440. The van der Waals surface area contributed by atoms with Crippen LogP contribution in [0.4, 0.5) is 0 Å². The number of carbonyl (C=O) groups is 1. The van der Waals surface area contributed by atoms with Crippen LogP contribution in [0.2, 0.25) is 0 Å². The molecule has 1 saturated heterocycles. The van der Waals surface area contributed by atoms with Crippen LogP contribution in [0.3, 0.4) is 0 Å².